The molecule has 1 N–H and O–H groups in total. The van der Waals surface area contributed by atoms with Crippen molar-refractivity contribution < 1.29 is 4.74 Å². The minimum absolute atomic E-state index is 0.504. The molecule has 1 heterocycles. The Balaban J connectivity index is 2.00. The van der Waals surface area contributed by atoms with Crippen molar-refractivity contribution in [3.05, 3.63) is 72.6 Å². The Kier molecular flexibility index (Phi) is 3.26. The Morgan fingerprint density at radius 2 is 1.79 bits per heavy atom. The molecular formula is C17H18NO. The molecule has 0 spiro atoms. The summed E-state index contributed by atoms with van der Waals surface area (Å²) >= 11 is 0. The summed E-state index contributed by atoms with van der Waals surface area (Å²) in [6, 6.07) is 18.4. The summed E-state index contributed by atoms with van der Waals surface area (Å²) in [6.07, 6.45) is 1.69. The topological polar surface area (TPSA) is 21.3 Å². The lowest BCUT2D eigenvalue weighted by atomic mass is 9.89. The highest BCUT2D eigenvalue weighted by molar-refractivity contribution is 5.36. The van der Waals surface area contributed by atoms with Gasteiger partial charge in [-0.1, -0.05) is 42.5 Å². The third kappa shape index (κ3) is 2.24. The van der Waals surface area contributed by atoms with E-state index in [4.69, 9.17) is 4.74 Å². The predicted molar refractivity (Wildman–Crippen MR) is 76.9 cm³/mol. The first-order chi connectivity index (χ1) is 9.34. The average Bonchev–Trinajstić information content (AvgIpc) is 2.49. The number of rotatable bonds is 3. The van der Waals surface area contributed by atoms with Crippen LogP contribution in [0, 0.1) is 6.92 Å². The van der Waals surface area contributed by atoms with Crippen LogP contribution < -0.4 is 10.1 Å². The lowest BCUT2D eigenvalue weighted by molar-refractivity contribution is 0.0245. The first-order valence-electron chi connectivity index (χ1n) is 6.71. The van der Waals surface area contributed by atoms with E-state index < -0.39 is 5.72 Å². The number of hydrogen-bond acceptors (Lipinski definition) is 2. The maximum atomic E-state index is 6.24. The number of para-hydroxylation sites is 1. The van der Waals surface area contributed by atoms with E-state index in [1.54, 1.807) is 0 Å². The highest BCUT2D eigenvalue weighted by atomic mass is 16.5. The van der Waals surface area contributed by atoms with Crippen LogP contribution in [-0.4, -0.2) is 6.54 Å². The standard InChI is InChI=1S/C17H18NO/c1-2-17(19-15-9-4-3-5-10-15)16-11-7-6-8-14(16)12-13-18-17/h3-11,18H,1-2,12-13H2. The number of fused-ring (bicyclic) bond motifs is 1. The van der Waals surface area contributed by atoms with Crippen molar-refractivity contribution in [2.45, 2.75) is 18.6 Å². The third-order valence-electron chi connectivity index (χ3n) is 3.64. The van der Waals surface area contributed by atoms with Gasteiger partial charge in [0.2, 0.25) is 0 Å². The van der Waals surface area contributed by atoms with E-state index in [0.29, 0.717) is 6.42 Å². The monoisotopic (exact) mass is 252 g/mol. The minimum Gasteiger partial charge on any atom is -0.469 e. The van der Waals surface area contributed by atoms with E-state index in [0.717, 1.165) is 18.7 Å². The zero-order valence-corrected chi connectivity index (χ0v) is 10.9. The molecule has 1 aliphatic heterocycles. The molecule has 97 valence electrons. The molecule has 0 amide bonds. The van der Waals surface area contributed by atoms with Gasteiger partial charge in [-0.25, -0.2) is 0 Å². The molecule has 2 aromatic carbocycles. The molecule has 2 heteroatoms. The Morgan fingerprint density at radius 1 is 1.05 bits per heavy atom. The van der Waals surface area contributed by atoms with Gasteiger partial charge in [-0.3, -0.25) is 5.32 Å². The molecule has 0 saturated heterocycles. The fraction of sp³-hybridized carbons (Fsp3) is 0.235. The Labute approximate surface area is 114 Å². The maximum Gasteiger partial charge on any atom is 0.187 e. The molecule has 19 heavy (non-hydrogen) atoms. The molecule has 0 saturated carbocycles. The number of benzene rings is 2. The van der Waals surface area contributed by atoms with Gasteiger partial charge in [-0.05, 0) is 31.0 Å². The normalized spacial score (nSPS) is 21.7. The van der Waals surface area contributed by atoms with Crippen molar-refractivity contribution in [2.75, 3.05) is 6.54 Å². The zero-order valence-electron chi connectivity index (χ0n) is 10.9. The fourth-order valence-electron chi connectivity index (χ4n) is 2.68. The quantitative estimate of drug-likeness (QED) is 0.905. The van der Waals surface area contributed by atoms with Crippen LogP contribution in [0.3, 0.4) is 0 Å². The number of nitrogens with one attached hydrogen (secondary N) is 1. The summed E-state index contributed by atoms with van der Waals surface area (Å²) < 4.78 is 6.24. The summed E-state index contributed by atoms with van der Waals surface area (Å²) in [6.45, 7) is 5.01. The van der Waals surface area contributed by atoms with Crippen LogP contribution in [0.25, 0.3) is 0 Å². The van der Waals surface area contributed by atoms with Crippen LogP contribution in [0.2, 0.25) is 0 Å². The summed E-state index contributed by atoms with van der Waals surface area (Å²) in [5.41, 5.74) is 2.05. The predicted octanol–water partition coefficient (Wildman–Crippen LogP) is 3.29. The van der Waals surface area contributed by atoms with E-state index in [2.05, 4.69) is 36.5 Å². The molecular weight excluding hydrogens is 234 g/mol. The summed E-state index contributed by atoms with van der Waals surface area (Å²) in [5.74, 6) is 0.871. The van der Waals surface area contributed by atoms with Crippen molar-refractivity contribution >= 4 is 0 Å². The van der Waals surface area contributed by atoms with Gasteiger partial charge < -0.3 is 4.74 Å². The van der Waals surface area contributed by atoms with Gasteiger partial charge in [0.25, 0.3) is 0 Å². The molecule has 2 nitrogen and oxygen atoms in total. The van der Waals surface area contributed by atoms with Gasteiger partial charge in [-0.2, -0.15) is 0 Å². The minimum atomic E-state index is -0.504. The van der Waals surface area contributed by atoms with Crippen molar-refractivity contribution in [2.24, 2.45) is 0 Å². The fourth-order valence-corrected chi connectivity index (χ4v) is 2.68. The molecule has 1 unspecified atom stereocenters. The lowest BCUT2D eigenvalue weighted by Gasteiger charge is -2.39. The third-order valence-corrected chi connectivity index (χ3v) is 3.64. The van der Waals surface area contributed by atoms with E-state index in [1.165, 1.54) is 11.1 Å². The highest BCUT2D eigenvalue weighted by Crippen LogP contribution is 2.33. The highest BCUT2D eigenvalue weighted by Gasteiger charge is 2.36. The summed E-state index contributed by atoms with van der Waals surface area (Å²) in [5, 5.41) is 3.50. The Morgan fingerprint density at radius 3 is 2.58 bits per heavy atom. The van der Waals surface area contributed by atoms with Crippen LogP contribution in [0.1, 0.15) is 17.5 Å². The van der Waals surface area contributed by atoms with Gasteiger partial charge in [0.05, 0.1) is 0 Å². The summed E-state index contributed by atoms with van der Waals surface area (Å²) in [7, 11) is 0. The van der Waals surface area contributed by atoms with Gasteiger partial charge in [0, 0.05) is 18.5 Å². The first-order valence-corrected chi connectivity index (χ1v) is 6.71. The molecule has 0 aliphatic carbocycles. The SMILES string of the molecule is [CH2]CC1(Oc2ccccc2)NCCc2ccccc21. The molecule has 0 fully saturated rings. The smallest absolute Gasteiger partial charge is 0.187 e. The van der Waals surface area contributed by atoms with E-state index >= 15 is 0 Å². The first kappa shape index (κ1) is 12.2. The van der Waals surface area contributed by atoms with E-state index in [-0.39, 0.29) is 0 Å². The maximum absolute atomic E-state index is 6.24. The van der Waals surface area contributed by atoms with Gasteiger partial charge in [0.1, 0.15) is 5.75 Å². The molecule has 3 rings (SSSR count). The van der Waals surface area contributed by atoms with E-state index in [9.17, 15) is 0 Å². The van der Waals surface area contributed by atoms with Crippen LogP contribution in [-0.2, 0) is 12.1 Å². The van der Waals surface area contributed by atoms with Crippen LogP contribution >= 0.6 is 0 Å². The molecule has 2 aromatic rings. The molecule has 1 radical (unpaired) electrons. The van der Waals surface area contributed by atoms with Crippen LogP contribution in [0.5, 0.6) is 5.75 Å². The number of hydrogen-bond donors (Lipinski definition) is 1. The summed E-state index contributed by atoms with van der Waals surface area (Å²) in [4.78, 5) is 0. The van der Waals surface area contributed by atoms with Gasteiger partial charge in [-0.15, -0.1) is 0 Å². The Bertz CT molecular complexity index is 552. The van der Waals surface area contributed by atoms with Crippen molar-refractivity contribution in [1.29, 1.82) is 0 Å². The van der Waals surface area contributed by atoms with Crippen LogP contribution in [0.4, 0.5) is 0 Å². The van der Waals surface area contributed by atoms with Crippen molar-refractivity contribution in [1.82, 2.24) is 5.32 Å². The van der Waals surface area contributed by atoms with Crippen molar-refractivity contribution in [3.63, 3.8) is 0 Å². The molecule has 1 atom stereocenters. The second-order valence-corrected chi connectivity index (χ2v) is 4.83. The molecule has 0 aromatic heterocycles. The zero-order chi connectivity index (χ0) is 13.1. The lowest BCUT2D eigenvalue weighted by Crippen LogP contribution is -2.51. The number of ether oxygens (including phenoxy) is 1. The second-order valence-electron chi connectivity index (χ2n) is 4.83. The van der Waals surface area contributed by atoms with Gasteiger partial charge >= 0.3 is 0 Å². The Hall–Kier alpha value is -1.80. The second kappa shape index (κ2) is 5.06. The largest absolute Gasteiger partial charge is 0.469 e. The molecule has 1 aliphatic rings. The van der Waals surface area contributed by atoms with Gasteiger partial charge in [0.15, 0.2) is 5.72 Å². The molecule has 0 bridgehead atoms. The van der Waals surface area contributed by atoms with E-state index in [1.807, 2.05) is 30.3 Å². The average molecular weight is 252 g/mol. The van der Waals surface area contributed by atoms with Crippen LogP contribution in [0.15, 0.2) is 54.6 Å². The van der Waals surface area contributed by atoms with Crippen molar-refractivity contribution in [3.8, 4) is 5.75 Å².